The van der Waals surface area contributed by atoms with Crippen molar-refractivity contribution in [3.63, 3.8) is 0 Å². The lowest BCUT2D eigenvalue weighted by Gasteiger charge is -2.07. The van der Waals surface area contributed by atoms with Crippen LogP contribution in [0.1, 0.15) is 24.3 Å². The smallest absolute Gasteiger partial charge is 0.116 e. The monoisotopic (exact) mass is 479 g/mol. The van der Waals surface area contributed by atoms with Crippen LogP contribution in [-0.2, 0) is 0 Å². The molecule has 0 saturated heterocycles. The number of fused-ring (bicyclic) bond motifs is 2. The third-order valence-corrected chi connectivity index (χ3v) is 7.23. The van der Waals surface area contributed by atoms with E-state index in [1.54, 1.807) is 11.3 Å². The van der Waals surface area contributed by atoms with E-state index in [1.807, 2.05) is 18.5 Å². The van der Waals surface area contributed by atoms with E-state index >= 15 is 0 Å². The highest BCUT2D eigenvalue weighted by Crippen LogP contribution is 2.36. The maximum atomic E-state index is 4.68. The third-order valence-electron chi connectivity index (χ3n) is 6.20. The minimum atomic E-state index is 0.797. The van der Waals surface area contributed by atoms with Crippen LogP contribution in [0.15, 0.2) is 79.2 Å². The van der Waals surface area contributed by atoms with Gasteiger partial charge < -0.3 is 10.3 Å². The van der Waals surface area contributed by atoms with E-state index in [2.05, 4.69) is 101 Å². The van der Waals surface area contributed by atoms with Crippen LogP contribution in [0.25, 0.3) is 49.2 Å². The van der Waals surface area contributed by atoms with Crippen molar-refractivity contribution in [3.05, 3.63) is 89.6 Å². The van der Waals surface area contributed by atoms with E-state index in [1.165, 1.54) is 9.75 Å². The first-order chi connectivity index (χ1) is 17.1. The van der Waals surface area contributed by atoms with Crippen LogP contribution in [0, 0.1) is 6.92 Å². The molecule has 5 aromatic rings. The minimum absolute atomic E-state index is 0.797. The number of likely N-dealkylation sites (N-methyl/N-ethyl adjacent to an activating group) is 1. The number of benzene rings is 1. The molecule has 0 unspecified atom stereocenters. The molecule has 0 fully saturated rings. The summed E-state index contributed by atoms with van der Waals surface area (Å²) in [7, 11) is 0. The number of H-pyrrole nitrogens is 2. The lowest BCUT2D eigenvalue weighted by molar-refractivity contribution is 0.785. The summed E-state index contributed by atoms with van der Waals surface area (Å²) in [6.07, 6.45) is 10.1. The molecule has 6 heteroatoms. The van der Waals surface area contributed by atoms with Crippen LogP contribution in [0.4, 0.5) is 0 Å². The predicted molar refractivity (Wildman–Crippen MR) is 150 cm³/mol. The van der Waals surface area contributed by atoms with Gasteiger partial charge in [-0.1, -0.05) is 37.8 Å². The Balaban J connectivity index is 1.58. The van der Waals surface area contributed by atoms with Gasteiger partial charge in [-0.05, 0) is 67.4 Å². The molecule has 1 aromatic carbocycles. The fourth-order valence-corrected chi connectivity index (χ4v) is 5.23. The Kier molecular flexibility index (Phi) is 6.49. The number of hydrogen-bond donors (Lipinski definition) is 3. The highest BCUT2D eigenvalue weighted by atomic mass is 32.1. The molecule has 0 saturated carbocycles. The van der Waals surface area contributed by atoms with Crippen molar-refractivity contribution in [3.8, 4) is 21.8 Å². The van der Waals surface area contributed by atoms with Gasteiger partial charge in [0.2, 0.25) is 0 Å². The summed E-state index contributed by atoms with van der Waals surface area (Å²) >= 11 is 1.79. The molecule has 3 N–H and O–H groups in total. The zero-order chi connectivity index (χ0) is 24.4. The molecule has 0 spiro atoms. The van der Waals surface area contributed by atoms with Gasteiger partial charge in [0.25, 0.3) is 0 Å². The van der Waals surface area contributed by atoms with E-state index in [0.29, 0.717) is 0 Å². The van der Waals surface area contributed by atoms with E-state index < -0.39 is 0 Å². The second-order valence-corrected chi connectivity index (χ2v) is 9.81. The number of nitrogens with one attached hydrogen (secondary N) is 3. The summed E-state index contributed by atoms with van der Waals surface area (Å²) in [5.41, 5.74) is 8.49. The first-order valence-electron chi connectivity index (χ1n) is 11.8. The van der Waals surface area contributed by atoms with Crippen molar-refractivity contribution in [1.29, 1.82) is 0 Å². The SMILES string of the molecule is C=C/C(=C\C(=C/C)c1ccc2[nH]nc(-c3cc4c(-c5ccc(C)s5)cncc4[nH]3)c2c1)CNCC. The Morgan fingerprint density at radius 2 is 2.00 bits per heavy atom. The second-order valence-electron chi connectivity index (χ2n) is 8.52. The molecule has 5 nitrogen and oxygen atoms in total. The van der Waals surface area contributed by atoms with Gasteiger partial charge in [0, 0.05) is 38.8 Å². The highest BCUT2D eigenvalue weighted by Gasteiger charge is 2.15. The number of hydrogen-bond acceptors (Lipinski definition) is 4. The van der Waals surface area contributed by atoms with Crippen LogP contribution < -0.4 is 5.32 Å². The Labute approximate surface area is 209 Å². The van der Waals surface area contributed by atoms with E-state index in [4.69, 9.17) is 0 Å². The van der Waals surface area contributed by atoms with Gasteiger partial charge in [-0.2, -0.15) is 5.10 Å². The first kappa shape index (κ1) is 23.0. The predicted octanol–water partition coefficient (Wildman–Crippen LogP) is 7.27. The number of pyridine rings is 1. The molecule has 35 heavy (non-hydrogen) atoms. The molecule has 0 aliphatic rings. The van der Waals surface area contributed by atoms with Crippen LogP contribution in [0.2, 0.25) is 0 Å². The average Bonchev–Trinajstić information content (AvgIpc) is 3.61. The number of nitrogens with zero attached hydrogens (tertiary/aromatic N) is 2. The summed E-state index contributed by atoms with van der Waals surface area (Å²) in [6, 6.07) is 12.9. The average molecular weight is 480 g/mol. The molecule has 5 rings (SSSR count). The van der Waals surface area contributed by atoms with Crippen LogP contribution in [0.3, 0.4) is 0 Å². The Morgan fingerprint density at radius 3 is 2.74 bits per heavy atom. The van der Waals surface area contributed by atoms with Crippen molar-refractivity contribution in [1.82, 2.24) is 25.5 Å². The van der Waals surface area contributed by atoms with Gasteiger partial charge in [0.15, 0.2) is 0 Å². The standard InChI is InChI=1S/C29H29N5S/c1-5-19(15-30-7-3)12-20(6-2)21-9-10-25-23(13-21)29(34-33-25)26-14-22-24(16-31-17-27(22)32-26)28-11-8-18(4)35-28/h5-6,8-14,16-17,30,32H,1,7,15H2,2-4H3,(H,33,34)/b19-12+,20-6+. The quantitative estimate of drug-likeness (QED) is 0.205. The van der Waals surface area contributed by atoms with E-state index in [0.717, 1.165) is 68.6 Å². The lowest BCUT2D eigenvalue weighted by atomic mass is 10.00. The van der Waals surface area contributed by atoms with Gasteiger partial charge in [-0.15, -0.1) is 11.3 Å². The Morgan fingerprint density at radius 1 is 1.11 bits per heavy atom. The molecule has 4 heterocycles. The van der Waals surface area contributed by atoms with Crippen molar-refractivity contribution < 1.29 is 0 Å². The number of aromatic amines is 2. The normalized spacial score (nSPS) is 12.7. The number of rotatable bonds is 8. The van der Waals surface area contributed by atoms with E-state index in [9.17, 15) is 0 Å². The summed E-state index contributed by atoms with van der Waals surface area (Å²) < 4.78 is 0. The fraction of sp³-hybridized carbons (Fsp3) is 0.172. The molecule has 0 aliphatic heterocycles. The van der Waals surface area contributed by atoms with Crippen molar-refractivity contribution in [2.75, 3.05) is 13.1 Å². The highest BCUT2D eigenvalue weighted by molar-refractivity contribution is 7.15. The molecular formula is C29H29N5S. The van der Waals surface area contributed by atoms with Crippen LogP contribution in [0.5, 0.6) is 0 Å². The summed E-state index contributed by atoms with van der Waals surface area (Å²) in [4.78, 5) is 10.5. The van der Waals surface area contributed by atoms with E-state index in [-0.39, 0.29) is 0 Å². The Hall–Kier alpha value is -3.74. The maximum Gasteiger partial charge on any atom is 0.116 e. The molecule has 0 bridgehead atoms. The molecule has 0 amide bonds. The number of aromatic nitrogens is 4. The summed E-state index contributed by atoms with van der Waals surface area (Å²) in [5, 5.41) is 13.5. The molecule has 0 aliphatic carbocycles. The largest absolute Gasteiger partial charge is 0.352 e. The minimum Gasteiger partial charge on any atom is -0.352 e. The molecule has 176 valence electrons. The first-order valence-corrected chi connectivity index (χ1v) is 12.6. The molecular weight excluding hydrogens is 450 g/mol. The van der Waals surface area contributed by atoms with Crippen molar-refractivity contribution in [2.24, 2.45) is 0 Å². The topological polar surface area (TPSA) is 69.4 Å². The van der Waals surface area contributed by atoms with Crippen LogP contribution in [-0.4, -0.2) is 33.3 Å². The molecule has 4 aromatic heterocycles. The van der Waals surface area contributed by atoms with Crippen molar-refractivity contribution >= 4 is 38.7 Å². The third kappa shape index (κ3) is 4.50. The maximum absolute atomic E-state index is 4.68. The van der Waals surface area contributed by atoms with Gasteiger partial charge >= 0.3 is 0 Å². The van der Waals surface area contributed by atoms with Gasteiger partial charge in [-0.25, -0.2) is 0 Å². The van der Waals surface area contributed by atoms with Gasteiger partial charge in [-0.3, -0.25) is 10.1 Å². The number of thiophene rings is 1. The summed E-state index contributed by atoms with van der Waals surface area (Å²) in [6.45, 7) is 12.0. The number of aryl methyl sites for hydroxylation is 1. The van der Waals surface area contributed by atoms with Crippen molar-refractivity contribution in [2.45, 2.75) is 20.8 Å². The zero-order valence-corrected chi connectivity index (χ0v) is 21.1. The fourth-order valence-electron chi connectivity index (χ4n) is 4.34. The van der Waals surface area contributed by atoms with Gasteiger partial charge in [0.1, 0.15) is 5.69 Å². The lowest BCUT2D eigenvalue weighted by Crippen LogP contribution is -2.15. The Bertz CT molecular complexity index is 1580. The van der Waals surface area contributed by atoms with Crippen LogP contribution >= 0.6 is 11.3 Å². The molecule has 0 radical (unpaired) electrons. The molecule has 0 atom stereocenters. The zero-order valence-electron chi connectivity index (χ0n) is 20.3. The second kappa shape index (κ2) is 9.86. The van der Waals surface area contributed by atoms with Gasteiger partial charge in [0.05, 0.1) is 22.9 Å². The number of allylic oxidation sites excluding steroid dienone is 3. The summed E-state index contributed by atoms with van der Waals surface area (Å²) in [5.74, 6) is 0.